The lowest BCUT2D eigenvalue weighted by molar-refractivity contribution is 0.423. The molecule has 1 heterocycles. The minimum absolute atomic E-state index is 0.451. The van der Waals surface area contributed by atoms with E-state index in [4.69, 9.17) is 0 Å². The summed E-state index contributed by atoms with van der Waals surface area (Å²) in [7, 11) is -3.30. The van der Waals surface area contributed by atoms with Crippen molar-refractivity contribution in [2.75, 3.05) is 13.1 Å². The van der Waals surface area contributed by atoms with Gasteiger partial charge in [-0.15, -0.1) is 0 Å². The molecule has 0 spiro atoms. The van der Waals surface area contributed by atoms with Gasteiger partial charge in [0, 0.05) is 13.1 Å². The van der Waals surface area contributed by atoms with Gasteiger partial charge in [0.15, 0.2) is 0 Å². The first-order valence-corrected chi connectivity index (χ1v) is 10.2. The van der Waals surface area contributed by atoms with Crippen molar-refractivity contribution in [3.05, 3.63) is 29.8 Å². The zero-order valence-electron chi connectivity index (χ0n) is 13.8. The van der Waals surface area contributed by atoms with Gasteiger partial charge in [-0.25, -0.2) is 8.42 Å². The van der Waals surface area contributed by atoms with Gasteiger partial charge in [-0.2, -0.15) is 4.31 Å². The van der Waals surface area contributed by atoms with E-state index in [9.17, 15) is 8.42 Å². The normalized spacial score (nSPS) is 17.3. The van der Waals surface area contributed by atoms with Gasteiger partial charge in [0.2, 0.25) is 10.0 Å². The lowest BCUT2D eigenvalue weighted by Gasteiger charge is -2.20. The van der Waals surface area contributed by atoms with Crippen molar-refractivity contribution >= 4 is 10.0 Å². The molecule has 124 valence electrons. The van der Waals surface area contributed by atoms with Crippen LogP contribution in [0.25, 0.3) is 0 Å². The number of aryl methyl sites for hydroxylation is 1. The molecule has 2 rings (SSSR count). The van der Waals surface area contributed by atoms with Crippen LogP contribution in [0.2, 0.25) is 0 Å². The van der Waals surface area contributed by atoms with Gasteiger partial charge in [0.1, 0.15) is 0 Å². The Bertz CT molecular complexity index is 529. The third-order valence-electron chi connectivity index (χ3n) is 4.45. The Morgan fingerprint density at radius 3 is 2.14 bits per heavy atom. The van der Waals surface area contributed by atoms with E-state index in [1.807, 2.05) is 12.1 Å². The first kappa shape index (κ1) is 17.5. The van der Waals surface area contributed by atoms with Crippen molar-refractivity contribution in [3.63, 3.8) is 0 Å². The standard InChI is InChI=1S/C18H29NO2S/c1-2-3-4-7-10-17-11-13-18(14-12-17)22(20,21)19-15-8-5-6-9-16-19/h11-14H,2-10,15-16H2,1H3. The summed E-state index contributed by atoms with van der Waals surface area (Å²) < 4.78 is 27.0. The molecule has 0 saturated carbocycles. The second-order valence-corrected chi connectivity index (χ2v) is 8.21. The molecule has 0 aromatic heterocycles. The minimum Gasteiger partial charge on any atom is -0.207 e. The first-order chi connectivity index (χ1) is 10.6. The molecule has 3 nitrogen and oxygen atoms in total. The summed E-state index contributed by atoms with van der Waals surface area (Å²) in [5.74, 6) is 0. The molecule has 4 heteroatoms. The van der Waals surface area contributed by atoms with Gasteiger partial charge in [0.05, 0.1) is 4.90 Å². The smallest absolute Gasteiger partial charge is 0.207 e. The van der Waals surface area contributed by atoms with E-state index in [1.165, 1.54) is 31.2 Å². The molecule has 0 aliphatic carbocycles. The Kier molecular flexibility index (Phi) is 6.90. The number of rotatable bonds is 7. The Morgan fingerprint density at radius 1 is 0.909 bits per heavy atom. The van der Waals surface area contributed by atoms with Crippen LogP contribution < -0.4 is 0 Å². The van der Waals surface area contributed by atoms with Crippen LogP contribution in [0.5, 0.6) is 0 Å². The van der Waals surface area contributed by atoms with Crippen molar-refractivity contribution in [3.8, 4) is 0 Å². The summed E-state index contributed by atoms with van der Waals surface area (Å²) in [4.78, 5) is 0.451. The molecule has 0 amide bonds. The monoisotopic (exact) mass is 323 g/mol. The average Bonchev–Trinajstić information content (AvgIpc) is 2.82. The van der Waals surface area contributed by atoms with E-state index >= 15 is 0 Å². The number of hydrogen-bond donors (Lipinski definition) is 0. The van der Waals surface area contributed by atoms with Crippen LogP contribution in [0.15, 0.2) is 29.2 Å². The van der Waals surface area contributed by atoms with Crippen molar-refractivity contribution in [1.82, 2.24) is 4.31 Å². The first-order valence-electron chi connectivity index (χ1n) is 8.73. The molecule has 0 unspecified atom stereocenters. The molecule has 1 fully saturated rings. The molecule has 1 saturated heterocycles. The Balaban J connectivity index is 1.98. The number of unbranched alkanes of at least 4 members (excludes halogenated alkanes) is 3. The van der Waals surface area contributed by atoms with Crippen molar-refractivity contribution in [2.24, 2.45) is 0 Å². The average molecular weight is 324 g/mol. The second-order valence-electron chi connectivity index (χ2n) is 6.27. The maximum absolute atomic E-state index is 12.7. The zero-order valence-corrected chi connectivity index (χ0v) is 14.6. The molecule has 0 N–H and O–H groups in total. The van der Waals surface area contributed by atoms with E-state index in [2.05, 4.69) is 6.92 Å². The lowest BCUT2D eigenvalue weighted by Crippen LogP contribution is -2.31. The third-order valence-corrected chi connectivity index (χ3v) is 6.36. The molecule has 0 atom stereocenters. The fraction of sp³-hybridized carbons (Fsp3) is 0.667. The van der Waals surface area contributed by atoms with E-state index in [1.54, 1.807) is 16.4 Å². The topological polar surface area (TPSA) is 37.4 Å². The van der Waals surface area contributed by atoms with E-state index in [-0.39, 0.29) is 0 Å². The van der Waals surface area contributed by atoms with Crippen LogP contribution in [0.3, 0.4) is 0 Å². The highest BCUT2D eigenvalue weighted by Gasteiger charge is 2.24. The van der Waals surface area contributed by atoms with Gasteiger partial charge in [-0.1, -0.05) is 51.2 Å². The van der Waals surface area contributed by atoms with Gasteiger partial charge in [0.25, 0.3) is 0 Å². The maximum Gasteiger partial charge on any atom is 0.243 e. The largest absolute Gasteiger partial charge is 0.243 e. The lowest BCUT2D eigenvalue weighted by atomic mass is 10.1. The van der Waals surface area contributed by atoms with Crippen LogP contribution in [0, 0.1) is 0 Å². The highest BCUT2D eigenvalue weighted by atomic mass is 32.2. The Labute approximate surface area is 135 Å². The molecule has 1 aliphatic heterocycles. The molecule has 0 bridgehead atoms. The SMILES string of the molecule is CCCCCCc1ccc(S(=O)(=O)N2CCCCCC2)cc1. The Hall–Kier alpha value is -0.870. The molecule has 1 aliphatic rings. The van der Waals surface area contributed by atoms with Crippen molar-refractivity contribution in [2.45, 2.75) is 69.6 Å². The van der Waals surface area contributed by atoms with Gasteiger partial charge in [-0.05, 0) is 43.4 Å². The van der Waals surface area contributed by atoms with E-state index < -0.39 is 10.0 Å². The van der Waals surface area contributed by atoms with Crippen LogP contribution in [-0.2, 0) is 16.4 Å². The summed E-state index contributed by atoms with van der Waals surface area (Å²) in [6.07, 6.45) is 10.3. The van der Waals surface area contributed by atoms with E-state index in [0.29, 0.717) is 18.0 Å². The summed E-state index contributed by atoms with van der Waals surface area (Å²) in [6.45, 7) is 3.55. The number of sulfonamides is 1. The van der Waals surface area contributed by atoms with E-state index in [0.717, 1.165) is 32.1 Å². The minimum atomic E-state index is -3.30. The summed E-state index contributed by atoms with van der Waals surface area (Å²) in [5, 5.41) is 0. The molecule has 1 aromatic rings. The highest BCUT2D eigenvalue weighted by Crippen LogP contribution is 2.21. The summed E-state index contributed by atoms with van der Waals surface area (Å²) in [6, 6.07) is 7.54. The number of hydrogen-bond acceptors (Lipinski definition) is 2. The molecular formula is C18H29NO2S. The number of benzene rings is 1. The van der Waals surface area contributed by atoms with Crippen LogP contribution >= 0.6 is 0 Å². The van der Waals surface area contributed by atoms with Crippen molar-refractivity contribution in [1.29, 1.82) is 0 Å². The molecule has 0 radical (unpaired) electrons. The zero-order chi connectivity index (χ0) is 15.8. The van der Waals surface area contributed by atoms with Crippen molar-refractivity contribution < 1.29 is 8.42 Å². The molecule has 1 aromatic carbocycles. The maximum atomic E-state index is 12.7. The third kappa shape index (κ3) is 4.82. The second kappa shape index (κ2) is 8.68. The van der Waals surface area contributed by atoms with Gasteiger partial charge >= 0.3 is 0 Å². The predicted molar refractivity (Wildman–Crippen MR) is 91.5 cm³/mol. The van der Waals surface area contributed by atoms with Crippen LogP contribution in [-0.4, -0.2) is 25.8 Å². The number of nitrogens with zero attached hydrogens (tertiary/aromatic N) is 1. The Morgan fingerprint density at radius 2 is 1.55 bits per heavy atom. The fourth-order valence-corrected chi connectivity index (χ4v) is 4.53. The van der Waals surface area contributed by atoms with Crippen LogP contribution in [0.1, 0.15) is 63.9 Å². The van der Waals surface area contributed by atoms with Crippen LogP contribution in [0.4, 0.5) is 0 Å². The quantitative estimate of drug-likeness (QED) is 0.699. The van der Waals surface area contributed by atoms with Gasteiger partial charge < -0.3 is 0 Å². The fourth-order valence-electron chi connectivity index (χ4n) is 3.02. The summed E-state index contributed by atoms with van der Waals surface area (Å²) >= 11 is 0. The highest BCUT2D eigenvalue weighted by molar-refractivity contribution is 7.89. The molecular weight excluding hydrogens is 294 g/mol. The van der Waals surface area contributed by atoms with Gasteiger partial charge in [-0.3, -0.25) is 0 Å². The molecule has 22 heavy (non-hydrogen) atoms. The predicted octanol–water partition coefficient (Wildman–Crippen LogP) is 4.37. The summed E-state index contributed by atoms with van der Waals surface area (Å²) in [5.41, 5.74) is 1.24.